The third kappa shape index (κ3) is 3.31. The summed E-state index contributed by atoms with van der Waals surface area (Å²) < 4.78 is 2.15. The fourth-order valence-electron chi connectivity index (χ4n) is 2.85. The van der Waals surface area contributed by atoms with Crippen LogP contribution in [0.25, 0.3) is 11.0 Å². The lowest BCUT2D eigenvalue weighted by Gasteiger charge is -2.12. The fourth-order valence-corrected chi connectivity index (χ4v) is 2.85. The number of para-hydroxylation sites is 2. The van der Waals surface area contributed by atoms with E-state index in [0.717, 1.165) is 23.4 Å². The zero-order valence-corrected chi connectivity index (χ0v) is 13.6. The van der Waals surface area contributed by atoms with Crippen molar-refractivity contribution >= 4 is 16.9 Å². The summed E-state index contributed by atoms with van der Waals surface area (Å²) in [6.45, 7) is 3.35. The molecule has 5 nitrogen and oxygen atoms in total. The van der Waals surface area contributed by atoms with Crippen LogP contribution in [0.3, 0.4) is 0 Å². The van der Waals surface area contributed by atoms with E-state index in [1.807, 2.05) is 30.3 Å². The number of hydrogen-bond donors (Lipinski definition) is 2. The first kappa shape index (κ1) is 16.2. The van der Waals surface area contributed by atoms with Crippen LogP contribution in [0.2, 0.25) is 0 Å². The highest BCUT2D eigenvalue weighted by Crippen LogP contribution is 2.16. The summed E-state index contributed by atoms with van der Waals surface area (Å²) in [5, 5.41) is 12.9. The monoisotopic (exact) mass is 323 g/mol. The summed E-state index contributed by atoms with van der Waals surface area (Å²) in [4.78, 5) is 16.7. The molecule has 0 saturated heterocycles. The van der Waals surface area contributed by atoms with Crippen LogP contribution in [-0.2, 0) is 17.8 Å². The van der Waals surface area contributed by atoms with Gasteiger partial charge in [-0.3, -0.25) is 4.79 Å². The Labute approximate surface area is 141 Å². The number of aromatic nitrogens is 2. The molecule has 0 saturated carbocycles. The molecule has 24 heavy (non-hydrogen) atoms. The molecule has 5 heteroatoms. The van der Waals surface area contributed by atoms with Gasteiger partial charge in [-0.05, 0) is 24.6 Å². The van der Waals surface area contributed by atoms with E-state index in [0.29, 0.717) is 18.5 Å². The van der Waals surface area contributed by atoms with E-state index >= 15 is 0 Å². The van der Waals surface area contributed by atoms with Crippen molar-refractivity contribution in [3.05, 3.63) is 66.0 Å². The number of fused-ring (bicyclic) bond motifs is 1. The van der Waals surface area contributed by atoms with Crippen molar-refractivity contribution in [3.8, 4) is 0 Å². The summed E-state index contributed by atoms with van der Waals surface area (Å²) in [5.41, 5.74) is 2.66. The van der Waals surface area contributed by atoms with Crippen molar-refractivity contribution in [2.75, 3.05) is 6.54 Å². The number of aliphatic hydroxyl groups is 1. The minimum absolute atomic E-state index is 0.389. The van der Waals surface area contributed by atoms with E-state index in [4.69, 9.17) is 0 Å². The molecule has 0 fully saturated rings. The predicted octanol–water partition coefficient (Wildman–Crippen LogP) is 2.45. The highest BCUT2D eigenvalue weighted by Gasteiger charge is 2.17. The van der Waals surface area contributed by atoms with Gasteiger partial charge in [0, 0.05) is 19.5 Å². The molecule has 0 aliphatic heterocycles. The standard InChI is InChI=1S/C19H21N3O2/c1-2-22-16-11-7-6-10-15(16)21-17(22)12-13-20-19(24)18(23)14-8-4-3-5-9-14/h3-11,18,23H,2,12-13H2,1H3,(H,20,24). The van der Waals surface area contributed by atoms with Gasteiger partial charge in [-0.15, -0.1) is 0 Å². The van der Waals surface area contributed by atoms with E-state index in [1.54, 1.807) is 24.3 Å². The number of rotatable bonds is 6. The molecule has 1 aromatic heterocycles. The number of nitrogens with zero attached hydrogens (tertiary/aromatic N) is 2. The van der Waals surface area contributed by atoms with Crippen LogP contribution in [0.1, 0.15) is 24.4 Å². The molecular weight excluding hydrogens is 302 g/mol. The van der Waals surface area contributed by atoms with E-state index in [2.05, 4.69) is 21.8 Å². The summed E-state index contributed by atoms with van der Waals surface area (Å²) >= 11 is 0. The van der Waals surface area contributed by atoms with Crippen molar-refractivity contribution < 1.29 is 9.90 Å². The molecule has 124 valence electrons. The number of nitrogens with one attached hydrogen (secondary N) is 1. The molecule has 0 aliphatic carbocycles. The van der Waals surface area contributed by atoms with E-state index in [1.165, 1.54) is 0 Å². The highest BCUT2D eigenvalue weighted by molar-refractivity contribution is 5.81. The molecule has 3 rings (SSSR count). The van der Waals surface area contributed by atoms with Crippen molar-refractivity contribution in [2.45, 2.75) is 26.0 Å². The van der Waals surface area contributed by atoms with Crippen LogP contribution in [-0.4, -0.2) is 27.1 Å². The number of benzene rings is 2. The zero-order chi connectivity index (χ0) is 16.9. The Balaban J connectivity index is 1.63. The van der Waals surface area contributed by atoms with Gasteiger partial charge in [0.05, 0.1) is 11.0 Å². The Hall–Kier alpha value is -2.66. The topological polar surface area (TPSA) is 67.2 Å². The Morgan fingerprint density at radius 3 is 2.62 bits per heavy atom. The summed E-state index contributed by atoms with van der Waals surface area (Å²) in [5.74, 6) is 0.550. The maximum absolute atomic E-state index is 12.1. The number of amides is 1. The van der Waals surface area contributed by atoms with Crippen molar-refractivity contribution in [1.29, 1.82) is 0 Å². The van der Waals surface area contributed by atoms with Gasteiger partial charge in [0.25, 0.3) is 5.91 Å². The lowest BCUT2D eigenvalue weighted by Crippen LogP contribution is -2.31. The van der Waals surface area contributed by atoms with Crippen molar-refractivity contribution in [3.63, 3.8) is 0 Å². The summed E-state index contributed by atoms with van der Waals surface area (Å²) in [6.07, 6.45) is -0.522. The number of aryl methyl sites for hydroxylation is 1. The van der Waals surface area contributed by atoms with E-state index in [9.17, 15) is 9.90 Å². The number of carbonyl (C=O) groups excluding carboxylic acids is 1. The smallest absolute Gasteiger partial charge is 0.253 e. The molecule has 1 atom stereocenters. The quantitative estimate of drug-likeness (QED) is 0.732. The molecule has 1 amide bonds. The van der Waals surface area contributed by atoms with Crippen LogP contribution < -0.4 is 5.32 Å². The molecule has 0 radical (unpaired) electrons. The third-order valence-electron chi connectivity index (χ3n) is 4.06. The Morgan fingerprint density at radius 2 is 1.88 bits per heavy atom. The first-order chi connectivity index (χ1) is 11.7. The van der Waals surface area contributed by atoms with E-state index in [-0.39, 0.29) is 5.91 Å². The van der Waals surface area contributed by atoms with Crippen molar-refractivity contribution in [2.24, 2.45) is 0 Å². The molecule has 2 aromatic carbocycles. The van der Waals surface area contributed by atoms with Crippen LogP contribution in [0.15, 0.2) is 54.6 Å². The summed E-state index contributed by atoms with van der Waals surface area (Å²) in [7, 11) is 0. The minimum atomic E-state index is -1.14. The Kier molecular flexibility index (Phi) is 4.91. The minimum Gasteiger partial charge on any atom is -0.378 e. The molecule has 0 spiro atoms. The second kappa shape index (κ2) is 7.27. The lowest BCUT2D eigenvalue weighted by molar-refractivity contribution is -0.129. The number of aliphatic hydroxyl groups excluding tert-OH is 1. The van der Waals surface area contributed by atoms with Crippen LogP contribution in [0, 0.1) is 0 Å². The Morgan fingerprint density at radius 1 is 1.17 bits per heavy atom. The second-order valence-corrected chi connectivity index (χ2v) is 5.62. The largest absolute Gasteiger partial charge is 0.378 e. The first-order valence-corrected chi connectivity index (χ1v) is 8.15. The molecule has 1 heterocycles. The van der Waals surface area contributed by atoms with Crippen molar-refractivity contribution in [1.82, 2.24) is 14.9 Å². The van der Waals surface area contributed by atoms with Gasteiger partial charge in [-0.25, -0.2) is 4.98 Å². The molecular formula is C19H21N3O2. The van der Waals surface area contributed by atoms with Gasteiger partial charge in [-0.1, -0.05) is 42.5 Å². The normalized spacial score (nSPS) is 12.2. The zero-order valence-electron chi connectivity index (χ0n) is 13.6. The van der Waals surface area contributed by atoms with Gasteiger partial charge in [-0.2, -0.15) is 0 Å². The number of hydrogen-bond acceptors (Lipinski definition) is 3. The molecule has 0 aliphatic rings. The van der Waals surface area contributed by atoms with Gasteiger partial charge in [0.15, 0.2) is 6.10 Å². The molecule has 1 unspecified atom stereocenters. The average Bonchev–Trinajstić information content (AvgIpc) is 2.99. The van der Waals surface area contributed by atoms with Crippen LogP contribution in [0.4, 0.5) is 0 Å². The molecule has 3 aromatic rings. The lowest BCUT2D eigenvalue weighted by atomic mass is 10.1. The average molecular weight is 323 g/mol. The predicted molar refractivity (Wildman–Crippen MR) is 93.5 cm³/mol. The van der Waals surface area contributed by atoms with E-state index < -0.39 is 6.10 Å². The summed E-state index contributed by atoms with van der Waals surface area (Å²) in [6, 6.07) is 16.9. The van der Waals surface area contributed by atoms with Crippen LogP contribution in [0.5, 0.6) is 0 Å². The third-order valence-corrected chi connectivity index (χ3v) is 4.06. The number of carbonyl (C=O) groups is 1. The van der Waals surface area contributed by atoms with Gasteiger partial charge in [0.1, 0.15) is 5.82 Å². The SMILES string of the molecule is CCn1c(CCNC(=O)C(O)c2ccccc2)nc2ccccc21. The van der Waals surface area contributed by atoms with Gasteiger partial charge >= 0.3 is 0 Å². The second-order valence-electron chi connectivity index (χ2n) is 5.62. The molecule has 2 N–H and O–H groups in total. The molecule has 0 bridgehead atoms. The fraction of sp³-hybridized carbons (Fsp3) is 0.263. The number of imidazole rings is 1. The highest BCUT2D eigenvalue weighted by atomic mass is 16.3. The first-order valence-electron chi connectivity index (χ1n) is 8.15. The maximum Gasteiger partial charge on any atom is 0.253 e. The Bertz CT molecular complexity index is 827. The maximum atomic E-state index is 12.1. The van der Waals surface area contributed by atoms with Gasteiger partial charge in [0.2, 0.25) is 0 Å². The van der Waals surface area contributed by atoms with Crippen LogP contribution >= 0.6 is 0 Å². The van der Waals surface area contributed by atoms with Gasteiger partial charge < -0.3 is 15.0 Å².